The normalized spacial score (nSPS) is 13.6. The maximum Gasteiger partial charge on any atom is 0.338 e. The number of fused-ring (bicyclic) bond motifs is 1. The highest BCUT2D eigenvalue weighted by Gasteiger charge is 2.13. The number of rotatable bonds is 10. The highest BCUT2D eigenvalue weighted by molar-refractivity contribution is 5.89. The van der Waals surface area contributed by atoms with Gasteiger partial charge in [0.15, 0.2) is 0 Å². The Morgan fingerprint density at radius 1 is 0.913 bits per heavy atom. The van der Waals surface area contributed by atoms with Crippen LogP contribution in [-0.4, -0.2) is 12.6 Å². The molecule has 0 spiro atoms. The molecule has 1 aliphatic carbocycles. The van der Waals surface area contributed by atoms with Gasteiger partial charge >= 0.3 is 5.97 Å². The zero-order valence-electron chi connectivity index (χ0n) is 14.7. The molecule has 128 valence electrons. The number of hydrogen-bond donors (Lipinski definition) is 0. The molecule has 0 heterocycles. The van der Waals surface area contributed by atoms with Crippen molar-refractivity contribution in [2.45, 2.75) is 84.0 Å². The summed E-state index contributed by atoms with van der Waals surface area (Å²) < 4.78 is 5.43. The minimum absolute atomic E-state index is 0.152. The van der Waals surface area contributed by atoms with E-state index in [2.05, 4.69) is 13.0 Å². The van der Waals surface area contributed by atoms with Gasteiger partial charge in [0.25, 0.3) is 0 Å². The second-order valence-electron chi connectivity index (χ2n) is 6.80. The van der Waals surface area contributed by atoms with Gasteiger partial charge < -0.3 is 4.74 Å². The quantitative estimate of drug-likeness (QED) is 0.399. The van der Waals surface area contributed by atoms with Gasteiger partial charge in [0, 0.05) is 0 Å². The second kappa shape index (κ2) is 10.5. The van der Waals surface area contributed by atoms with E-state index < -0.39 is 0 Å². The first kappa shape index (κ1) is 18.0. The number of carbonyl (C=O) groups is 1. The molecule has 0 atom stereocenters. The van der Waals surface area contributed by atoms with Crippen LogP contribution in [0, 0.1) is 0 Å². The van der Waals surface area contributed by atoms with Crippen LogP contribution in [0.3, 0.4) is 0 Å². The van der Waals surface area contributed by atoms with E-state index in [1.54, 1.807) is 0 Å². The Hall–Kier alpha value is -1.31. The average Bonchev–Trinajstić information content (AvgIpc) is 2.59. The summed E-state index contributed by atoms with van der Waals surface area (Å²) in [5, 5.41) is 0. The van der Waals surface area contributed by atoms with Crippen LogP contribution < -0.4 is 0 Å². The van der Waals surface area contributed by atoms with Crippen molar-refractivity contribution in [1.82, 2.24) is 0 Å². The van der Waals surface area contributed by atoms with Crippen LogP contribution in [-0.2, 0) is 17.6 Å². The third-order valence-corrected chi connectivity index (χ3v) is 4.82. The highest BCUT2D eigenvalue weighted by Crippen LogP contribution is 2.22. The molecule has 0 bridgehead atoms. The molecule has 0 saturated heterocycles. The topological polar surface area (TPSA) is 26.3 Å². The van der Waals surface area contributed by atoms with Crippen molar-refractivity contribution in [3.63, 3.8) is 0 Å². The van der Waals surface area contributed by atoms with E-state index in [1.807, 2.05) is 12.1 Å². The molecule has 0 fully saturated rings. The molecule has 2 rings (SSSR count). The number of esters is 1. The van der Waals surface area contributed by atoms with Crippen LogP contribution in [0.4, 0.5) is 0 Å². The lowest BCUT2D eigenvalue weighted by Gasteiger charge is -2.16. The second-order valence-corrected chi connectivity index (χ2v) is 6.80. The largest absolute Gasteiger partial charge is 0.462 e. The van der Waals surface area contributed by atoms with E-state index in [1.165, 1.54) is 68.9 Å². The fraction of sp³-hybridized carbons (Fsp3) is 0.667. The van der Waals surface area contributed by atoms with Crippen molar-refractivity contribution in [2.24, 2.45) is 0 Å². The van der Waals surface area contributed by atoms with Crippen molar-refractivity contribution in [1.29, 1.82) is 0 Å². The van der Waals surface area contributed by atoms with Crippen LogP contribution in [0.25, 0.3) is 0 Å². The van der Waals surface area contributed by atoms with Crippen LogP contribution in [0.15, 0.2) is 18.2 Å². The molecule has 0 saturated carbocycles. The van der Waals surface area contributed by atoms with Gasteiger partial charge in [0.2, 0.25) is 0 Å². The third-order valence-electron chi connectivity index (χ3n) is 4.82. The van der Waals surface area contributed by atoms with E-state index >= 15 is 0 Å². The van der Waals surface area contributed by atoms with Crippen LogP contribution in [0.1, 0.15) is 92.6 Å². The molecule has 0 aromatic heterocycles. The first-order chi connectivity index (χ1) is 11.3. The predicted molar refractivity (Wildman–Crippen MR) is 96.0 cm³/mol. The standard InChI is InChI=1S/C21H32O2/c1-2-3-4-5-6-7-8-11-16-23-21(22)20-15-14-18-12-9-10-13-19(18)17-20/h14-15,17H,2-13,16H2,1H3. The molecule has 0 N–H and O–H groups in total. The van der Waals surface area contributed by atoms with Gasteiger partial charge in [0.1, 0.15) is 0 Å². The minimum atomic E-state index is -0.152. The third kappa shape index (κ3) is 6.37. The molecule has 1 aromatic carbocycles. The van der Waals surface area contributed by atoms with Gasteiger partial charge in [-0.15, -0.1) is 0 Å². The molecule has 23 heavy (non-hydrogen) atoms. The number of carbonyl (C=O) groups excluding carboxylic acids is 1. The number of unbranched alkanes of at least 4 members (excludes halogenated alkanes) is 7. The average molecular weight is 316 g/mol. The van der Waals surface area contributed by atoms with Crippen LogP contribution in [0.2, 0.25) is 0 Å². The van der Waals surface area contributed by atoms with Crippen molar-refractivity contribution in [3.8, 4) is 0 Å². The SMILES string of the molecule is CCCCCCCCCCOC(=O)c1ccc2c(c1)CCCC2. The summed E-state index contributed by atoms with van der Waals surface area (Å²) in [5.74, 6) is -0.152. The molecule has 0 amide bonds. The summed E-state index contributed by atoms with van der Waals surface area (Å²) in [6, 6.07) is 6.09. The Kier molecular flexibility index (Phi) is 8.20. The summed E-state index contributed by atoms with van der Waals surface area (Å²) in [7, 11) is 0. The molecular weight excluding hydrogens is 284 g/mol. The van der Waals surface area contributed by atoms with Crippen molar-refractivity contribution < 1.29 is 9.53 Å². The number of benzene rings is 1. The van der Waals surface area contributed by atoms with E-state index in [0.717, 1.165) is 24.8 Å². The maximum atomic E-state index is 12.1. The van der Waals surface area contributed by atoms with Gasteiger partial charge in [0.05, 0.1) is 12.2 Å². The van der Waals surface area contributed by atoms with E-state index in [9.17, 15) is 4.79 Å². The smallest absolute Gasteiger partial charge is 0.338 e. The monoisotopic (exact) mass is 316 g/mol. The zero-order valence-corrected chi connectivity index (χ0v) is 14.7. The molecule has 0 radical (unpaired) electrons. The Morgan fingerprint density at radius 3 is 2.30 bits per heavy atom. The molecule has 0 unspecified atom stereocenters. The minimum Gasteiger partial charge on any atom is -0.462 e. The van der Waals surface area contributed by atoms with Crippen LogP contribution in [0.5, 0.6) is 0 Å². The fourth-order valence-electron chi connectivity index (χ4n) is 3.34. The maximum absolute atomic E-state index is 12.1. The lowest BCUT2D eigenvalue weighted by Crippen LogP contribution is -2.09. The van der Waals surface area contributed by atoms with Gasteiger partial charge in [-0.05, 0) is 55.4 Å². The molecule has 2 heteroatoms. The van der Waals surface area contributed by atoms with Crippen LogP contribution >= 0.6 is 0 Å². The van der Waals surface area contributed by atoms with Gasteiger partial charge in [-0.25, -0.2) is 4.79 Å². The lowest BCUT2D eigenvalue weighted by atomic mass is 9.90. The zero-order chi connectivity index (χ0) is 16.3. The Morgan fingerprint density at radius 2 is 1.57 bits per heavy atom. The van der Waals surface area contributed by atoms with Crippen molar-refractivity contribution >= 4 is 5.97 Å². The number of aryl methyl sites for hydroxylation is 2. The summed E-state index contributed by atoms with van der Waals surface area (Å²) in [6.45, 7) is 2.81. The van der Waals surface area contributed by atoms with E-state index in [4.69, 9.17) is 4.74 Å². The van der Waals surface area contributed by atoms with Gasteiger partial charge in [-0.2, -0.15) is 0 Å². The van der Waals surface area contributed by atoms with Crippen molar-refractivity contribution in [3.05, 3.63) is 34.9 Å². The lowest BCUT2D eigenvalue weighted by molar-refractivity contribution is 0.0497. The predicted octanol–water partition coefficient (Wildman–Crippen LogP) is 5.86. The van der Waals surface area contributed by atoms with E-state index in [-0.39, 0.29) is 5.97 Å². The van der Waals surface area contributed by atoms with Gasteiger partial charge in [-0.1, -0.05) is 57.9 Å². The summed E-state index contributed by atoms with van der Waals surface area (Å²) in [6.07, 6.45) is 14.9. The summed E-state index contributed by atoms with van der Waals surface area (Å²) in [5.41, 5.74) is 3.49. The summed E-state index contributed by atoms with van der Waals surface area (Å²) in [4.78, 5) is 12.1. The first-order valence-electron chi connectivity index (χ1n) is 9.60. The van der Waals surface area contributed by atoms with Gasteiger partial charge in [-0.3, -0.25) is 0 Å². The highest BCUT2D eigenvalue weighted by atomic mass is 16.5. The molecule has 0 aliphatic heterocycles. The Balaban J connectivity index is 1.60. The molecular formula is C21H32O2. The number of hydrogen-bond acceptors (Lipinski definition) is 2. The fourth-order valence-corrected chi connectivity index (χ4v) is 3.34. The molecule has 2 nitrogen and oxygen atoms in total. The first-order valence-corrected chi connectivity index (χ1v) is 9.60. The number of ether oxygens (including phenoxy) is 1. The Bertz CT molecular complexity index is 479. The molecule has 1 aliphatic rings. The van der Waals surface area contributed by atoms with Crippen molar-refractivity contribution in [2.75, 3.05) is 6.61 Å². The molecule has 1 aromatic rings. The Labute approximate surface area is 141 Å². The summed E-state index contributed by atoms with van der Waals surface area (Å²) >= 11 is 0. The van der Waals surface area contributed by atoms with E-state index in [0.29, 0.717) is 6.61 Å².